The van der Waals surface area contributed by atoms with Crippen molar-refractivity contribution in [1.29, 1.82) is 0 Å². The number of aliphatic hydroxyl groups excluding tert-OH is 4. The van der Waals surface area contributed by atoms with Crippen LogP contribution >= 0.6 is 0 Å². The first kappa shape index (κ1) is 64.9. The second-order valence-corrected chi connectivity index (χ2v) is 20.8. The average molecular weight is 968 g/mol. The van der Waals surface area contributed by atoms with E-state index in [1.807, 2.05) is 0 Å². The summed E-state index contributed by atoms with van der Waals surface area (Å²) in [5, 5.41) is 40.4. The lowest BCUT2D eigenvalue weighted by Crippen LogP contribution is -2.59. The molecular formula is C59H114O9. The molecule has 1 saturated heterocycles. The van der Waals surface area contributed by atoms with E-state index in [0.29, 0.717) is 13.0 Å². The molecule has 0 spiro atoms. The van der Waals surface area contributed by atoms with Gasteiger partial charge in [0.25, 0.3) is 0 Å². The highest BCUT2D eigenvalue weighted by Crippen LogP contribution is 2.23. The molecule has 4 N–H and O–H groups in total. The summed E-state index contributed by atoms with van der Waals surface area (Å²) in [5.74, 6) is -0.308. The number of ether oxygens (including phenoxy) is 4. The number of carbonyl (C=O) groups excluding carboxylic acids is 1. The first-order valence-electron chi connectivity index (χ1n) is 29.8. The lowest BCUT2D eigenvalue weighted by Gasteiger charge is -2.39. The molecule has 404 valence electrons. The van der Waals surface area contributed by atoms with Crippen molar-refractivity contribution in [3.05, 3.63) is 12.2 Å². The highest BCUT2D eigenvalue weighted by Gasteiger charge is 2.44. The number of aliphatic hydroxyl groups is 4. The molecule has 0 aromatic heterocycles. The molecule has 9 nitrogen and oxygen atoms in total. The van der Waals surface area contributed by atoms with Crippen LogP contribution in [-0.2, 0) is 23.7 Å². The standard InChI is InChI=1S/C59H114O9/c1-3-5-7-9-11-13-15-17-19-21-23-25-26-27-29-31-33-35-37-39-41-43-45-47-49-65-51-53(52-66-59-58(64)57(63)56(62)54(50-60)68-59)67-55(61)48-46-44-42-40-38-36-34-32-30-28-24-22-20-18-16-14-12-10-8-6-4-2/h22,24,53-54,56-60,62-64H,3-21,23,25-52H2,1-2H3/b24-22-. The monoisotopic (exact) mass is 967 g/mol. The number of hydrogen-bond acceptors (Lipinski definition) is 9. The van der Waals surface area contributed by atoms with E-state index in [-0.39, 0.29) is 19.2 Å². The SMILES string of the molecule is CCCCCCCCCC/C=C\CCCCCCCCCCCC(=O)OC(COCCCCCCCCCCCCCCCCCCCCCCCCCC)COC1OC(CO)C(O)C(O)C1O. The number of rotatable bonds is 53. The minimum absolute atomic E-state index is 0.108. The van der Waals surface area contributed by atoms with Crippen LogP contribution in [-0.4, -0.2) is 89.6 Å². The van der Waals surface area contributed by atoms with Gasteiger partial charge in [0, 0.05) is 13.0 Å². The van der Waals surface area contributed by atoms with Gasteiger partial charge in [-0.25, -0.2) is 0 Å². The lowest BCUT2D eigenvalue weighted by atomic mass is 9.99. The van der Waals surface area contributed by atoms with E-state index in [2.05, 4.69) is 26.0 Å². The van der Waals surface area contributed by atoms with Crippen molar-refractivity contribution in [3.8, 4) is 0 Å². The van der Waals surface area contributed by atoms with Crippen LogP contribution in [0.5, 0.6) is 0 Å². The molecule has 1 rings (SSSR count). The van der Waals surface area contributed by atoms with E-state index >= 15 is 0 Å². The van der Waals surface area contributed by atoms with E-state index in [0.717, 1.165) is 32.1 Å². The maximum Gasteiger partial charge on any atom is 0.306 e. The largest absolute Gasteiger partial charge is 0.457 e. The van der Waals surface area contributed by atoms with Crippen LogP contribution < -0.4 is 0 Å². The zero-order chi connectivity index (χ0) is 49.2. The molecule has 0 saturated carbocycles. The molecule has 1 aliphatic rings. The molecule has 0 amide bonds. The van der Waals surface area contributed by atoms with Crippen molar-refractivity contribution in [1.82, 2.24) is 0 Å². The van der Waals surface area contributed by atoms with Gasteiger partial charge in [-0.3, -0.25) is 4.79 Å². The van der Waals surface area contributed by atoms with Crippen LogP contribution in [0, 0.1) is 0 Å². The first-order chi connectivity index (χ1) is 33.4. The molecule has 1 aliphatic heterocycles. The Bertz CT molecular complexity index is 1060. The number of hydrogen-bond donors (Lipinski definition) is 4. The predicted molar refractivity (Wildman–Crippen MR) is 284 cm³/mol. The Morgan fingerprint density at radius 3 is 1.19 bits per heavy atom. The van der Waals surface area contributed by atoms with E-state index in [4.69, 9.17) is 18.9 Å². The highest BCUT2D eigenvalue weighted by molar-refractivity contribution is 5.69. The van der Waals surface area contributed by atoms with Crippen LogP contribution in [0.1, 0.15) is 296 Å². The minimum Gasteiger partial charge on any atom is -0.457 e. The van der Waals surface area contributed by atoms with E-state index < -0.39 is 43.4 Å². The summed E-state index contributed by atoms with van der Waals surface area (Å²) in [7, 11) is 0. The van der Waals surface area contributed by atoms with Crippen molar-refractivity contribution in [2.24, 2.45) is 0 Å². The average Bonchev–Trinajstić information content (AvgIpc) is 3.34. The van der Waals surface area contributed by atoms with Crippen molar-refractivity contribution < 1.29 is 44.2 Å². The Morgan fingerprint density at radius 1 is 0.456 bits per heavy atom. The number of esters is 1. The van der Waals surface area contributed by atoms with Crippen LogP contribution in [0.15, 0.2) is 12.2 Å². The summed E-state index contributed by atoms with van der Waals surface area (Å²) >= 11 is 0. The maximum absolute atomic E-state index is 12.9. The third-order valence-electron chi connectivity index (χ3n) is 14.2. The first-order valence-corrected chi connectivity index (χ1v) is 29.8. The highest BCUT2D eigenvalue weighted by atomic mass is 16.7. The number of allylic oxidation sites excluding steroid dienone is 2. The van der Waals surface area contributed by atoms with E-state index in [1.165, 1.54) is 244 Å². The van der Waals surface area contributed by atoms with Gasteiger partial charge in [-0.2, -0.15) is 0 Å². The Labute approximate surface area is 420 Å². The molecule has 1 fully saturated rings. The van der Waals surface area contributed by atoms with Gasteiger partial charge < -0.3 is 39.4 Å². The summed E-state index contributed by atoms with van der Waals surface area (Å²) < 4.78 is 23.0. The fraction of sp³-hybridized carbons (Fsp3) is 0.949. The van der Waals surface area contributed by atoms with Crippen molar-refractivity contribution >= 4 is 5.97 Å². The van der Waals surface area contributed by atoms with Crippen LogP contribution in [0.3, 0.4) is 0 Å². The van der Waals surface area contributed by atoms with E-state index in [9.17, 15) is 25.2 Å². The molecule has 0 aromatic rings. The van der Waals surface area contributed by atoms with Crippen molar-refractivity contribution in [3.63, 3.8) is 0 Å². The molecule has 9 heteroatoms. The van der Waals surface area contributed by atoms with Gasteiger partial charge >= 0.3 is 5.97 Å². The molecule has 68 heavy (non-hydrogen) atoms. The van der Waals surface area contributed by atoms with Gasteiger partial charge in [0.1, 0.15) is 30.5 Å². The normalized spacial score (nSPS) is 19.1. The summed E-state index contributed by atoms with van der Waals surface area (Å²) in [6.45, 7) is 4.63. The van der Waals surface area contributed by atoms with Gasteiger partial charge in [0.05, 0.1) is 19.8 Å². The van der Waals surface area contributed by atoms with Crippen molar-refractivity contribution in [2.75, 3.05) is 26.4 Å². The molecule has 6 unspecified atom stereocenters. The second-order valence-electron chi connectivity index (χ2n) is 20.8. The van der Waals surface area contributed by atoms with Crippen LogP contribution in [0.2, 0.25) is 0 Å². The quantitative estimate of drug-likeness (QED) is 0.0267. The van der Waals surface area contributed by atoms with Gasteiger partial charge in [-0.1, -0.05) is 264 Å². The summed E-state index contributed by atoms with van der Waals surface area (Å²) in [5.41, 5.74) is 0. The van der Waals surface area contributed by atoms with Gasteiger partial charge in [-0.05, 0) is 38.5 Å². The van der Waals surface area contributed by atoms with Gasteiger partial charge in [0.2, 0.25) is 0 Å². The van der Waals surface area contributed by atoms with Crippen LogP contribution in [0.25, 0.3) is 0 Å². The number of carbonyl (C=O) groups is 1. The molecule has 0 bridgehead atoms. The third-order valence-corrected chi connectivity index (χ3v) is 14.2. The van der Waals surface area contributed by atoms with Gasteiger partial charge in [-0.15, -0.1) is 0 Å². The zero-order valence-electron chi connectivity index (χ0n) is 44.9. The second kappa shape index (κ2) is 50.9. The van der Waals surface area contributed by atoms with Crippen LogP contribution in [0.4, 0.5) is 0 Å². The van der Waals surface area contributed by atoms with Crippen molar-refractivity contribution in [2.45, 2.75) is 333 Å². The Hall–Kier alpha value is -1.07. The topological polar surface area (TPSA) is 135 Å². The Morgan fingerprint density at radius 2 is 0.809 bits per heavy atom. The predicted octanol–water partition coefficient (Wildman–Crippen LogP) is 15.5. The Kier molecular flexibility index (Phi) is 48.6. The van der Waals surface area contributed by atoms with E-state index in [1.54, 1.807) is 0 Å². The summed E-state index contributed by atoms with van der Waals surface area (Å²) in [6.07, 6.45) is 54.1. The molecule has 6 atom stereocenters. The maximum atomic E-state index is 12.9. The molecular weight excluding hydrogens is 853 g/mol. The molecule has 0 radical (unpaired) electrons. The summed E-state index contributed by atoms with van der Waals surface area (Å²) in [4.78, 5) is 12.9. The lowest BCUT2D eigenvalue weighted by molar-refractivity contribution is -0.305. The molecule has 0 aliphatic carbocycles. The summed E-state index contributed by atoms with van der Waals surface area (Å²) in [6, 6.07) is 0. The molecule has 0 aromatic carbocycles. The fourth-order valence-corrected chi connectivity index (χ4v) is 9.55. The third kappa shape index (κ3) is 40.5. The smallest absolute Gasteiger partial charge is 0.306 e. The molecule has 1 heterocycles. The van der Waals surface area contributed by atoms with Gasteiger partial charge in [0.15, 0.2) is 6.29 Å². The number of unbranched alkanes of at least 4 members (excludes halogenated alkanes) is 40. The fourth-order valence-electron chi connectivity index (χ4n) is 9.55. The zero-order valence-corrected chi connectivity index (χ0v) is 44.9. The minimum atomic E-state index is -1.53. The Balaban J connectivity index is 2.12.